The quantitative estimate of drug-likeness (QED) is 0.142. The summed E-state index contributed by atoms with van der Waals surface area (Å²) in [6.45, 7) is 1.07. The van der Waals surface area contributed by atoms with Crippen LogP contribution in [0.2, 0.25) is 5.02 Å². The highest BCUT2D eigenvalue weighted by Crippen LogP contribution is 2.24. The molecule has 1 aliphatic rings. The molecule has 5 aromatic carbocycles. The van der Waals surface area contributed by atoms with E-state index in [2.05, 4.69) is 47.2 Å². The lowest BCUT2D eigenvalue weighted by atomic mass is 9.95. The average Bonchev–Trinajstić information content (AvgIpc) is 3.48. The standard InChI is InChI=1S/C38H35ClN4O2/c39-33-17-11-28(12-18-33)23-36-37(40-24-29-13-19-34(20-14-29)44-26-31-7-3-1-4-8-31)42-43-38(36)41-25-30-15-21-35(22-16-30)45-27-32-9-5-2-6-10-32/h1-22,24-25,36-38,42-43H,23,26-27H2/b40-24+,41-25+. The van der Waals surface area contributed by atoms with E-state index in [1.54, 1.807) is 0 Å². The Kier molecular flexibility index (Phi) is 10.3. The van der Waals surface area contributed by atoms with E-state index in [0.717, 1.165) is 45.2 Å². The molecule has 2 unspecified atom stereocenters. The molecule has 2 atom stereocenters. The number of hydrogen-bond acceptors (Lipinski definition) is 6. The molecule has 1 heterocycles. The van der Waals surface area contributed by atoms with Crippen LogP contribution in [0.25, 0.3) is 0 Å². The normalized spacial score (nSPS) is 18.0. The first-order valence-electron chi connectivity index (χ1n) is 15.0. The molecule has 1 saturated heterocycles. The van der Waals surface area contributed by atoms with Crippen LogP contribution in [0.15, 0.2) is 143 Å². The maximum atomic E-state index is 6.16. The van der Waals surface area contributed by atoms with Crippen molar-refractivity contribution in [3.05, 3.63) is 166 Å². The smallest absolute Gasteiger partial charge is 0.119 e. The summed E-state index contributed by atoms with van der Waals surface area (Å²) in [6, 6.07) is 44.2. The van der Waals surface area contributed by atoms with Gasteiger partial charge in [0.05, 0.1) is 0 Å². The maximum Gasteiger partial charge on any atom is 0.119 e. The molecule has 0 aliphatic carbocycles. The average molecular weight is 615 g/mol. The molecular weight excluding hydrogens is 580 g/mol. The summed E-state index contributed by atoms with van der Waals surface area (Å²) >= 11 is 6.16. The summed E-state index contributed by atoms with van der Waals surface area (Å²) in [5.74, 6) is 1.71. The van der Waals surface area contributed by atoms with E-state index in [1.807, 2.05) is 109 Å². The highest BCUT2D eigenvalue weighted by Gasteiger charge is 2.35. The van der Waals surface area contributed by atoms with Gasteiger partial charge in [-0.05, 0) is 94.9 Å². The van der Waals surface area contributed by atoms with E-state index in [1.165, 1.54) is 5.56 Å². The minimum Gasteiger partial charge on any atom is -0.489 e. The Morgan fingerprint density at radius 3 is 1.42 bits per heavy atom. The number of benzene rings is 5. The second kappa shape index (κ2) is 15.3. The zero-order valence-electron chi connectivity index (χ0n) is 24.8. The van der Waals surface area contributed by atoms with Gasteiger partial charge >= 0.3 is 0 Å². The molecule has 5 aromatic rings. The summed E-state index contributed by atoms with van der Waals surface area (Å²) in [5.41, 5.74) is 12.1. The van der Waals surface area contributed by atoms with Gasteiger partial charge in [0.25, 0.3) is 0 Å². The molecule has 0 bridgehead atoms. The topological polar surface area (TPSA) is 67.2 Å². The van der Waals surface area contributed by atoms with Crippen LogP contribution in [0, 0.1) is 5.92 Å². The SMILES string of the molecule is Clc1ccc(CC2C(/N=C/c3ccc(OCc4ccccc4)cc3)NNC2/N=C/c2ccc(OCc3ccccc3)cc2)cc1. The van der Waals surface area contributed by atoms with Crippen LogP contribution in [0.3, 0.4) is 0 Å². The number of hydrogen-bond donors (Lipinski definition) is 2. The van der Waals surface area contributed by atoms with Gasteiger partial charge in [0.1, 0.15) is 37.0 Å². The molecule has 1 fully saturated rings. The largest absolute Gasteiger partial charge is 0.489 e. The second-order valence-electron chi connectivity index (χ2n) is 10.9. The van der Waals surface area contributed by atoms with Crippen LogP contribution in [0.5, 0.6) is 11.5 Å². The first kappa shape index (κ1) is 30.3. The fourth-order valence-corrected chi connectivity index (χ4v) is 5.21. The van der Waals surface area contributed by atoms with E-state index in [0.29, 0.717) is 13.2 Å². The molecule has 45 heavy (non-hydrogen) atoms. The van der Waals surface area contributed by atoms with Crippen molar-refractivity contribution in [2.75, 3.05) is 0 Å². The van der Waals surface area contributed by atoms with E-state index >= 15 is 0 Å². The summed E-state index contributed by atoms with van der Waals surface area (Å²) in [5, 5.41) is 0.720. The Morgan fingerprint density at radius 1 is 0.533 bits per heavy atom. The zero-order valence-corrected chi connectivity index (χ0v) is 25.6. The number of hydrazine groups is 1. The van der Waals surface area contributed by atoms with E-state index < -0.39 is 0 Å². The van der Waals surface area contributed by atoms with E-state index in [4.69, 9.17) is 31.1 Å². The molecule has 6 nitrogen and oxygen atoms in total. The van der Waals surface area contributed by atoms with Crippen molar-refractivity contribution in [1.82, 2.24) is 10.9 Å². The van der Waals surface area contributed by atoms with Crippen molar-refractivity contribution < 1.29 is 9.47 Å². The summed E-state index contributed by atoms with van der Waals surface area (Å²) in [4.78, 5) is 9.84. The molecule has 0 radical (unpaired) electrons. The second-order valence-corrected chi connectivity index (χ2v) is 11.4. The zero-order chi connectivity index (χ0) is 30.7. The van der Waals surface area contributed by atoms with E-state index in [9.17, 15) is 0 Å². The lowest BCUT2D eigenvalue weighted by Crippen LogP contribution is -2.32. The summed E-state index contributed by atoms with van der Waals surface area (Å²) < 4.78 is 11.9. The van der Waals surface area contributed by atoms with Crippen molar-refractivity contribution in [2.45, 2.75) is 32.0 Å². The Labute approximate surface area is 269 Å². The third-order valence-electron chi connectivity index (χ3n) is 7.60. The van der Waals surface area contributed by atoms with E-state index in [-0.39, 0.29) is 18.2 Å². The number of aliphatic imine (C=N–C) groups is 2. The first-order valence-corrected chi connectivity index (χ1v) is 15.4. The Balaban J connectivity index is 1.10. The molecule has 6 rings (SSSR count). The minimum atomic E-state index is -0.175. The number of halogens is 1. The van der Waals surface area contributed by atoms with Gasteiger partial charge in [0.15, 0.2) is 0 Å². The highest BCUT2D eigenvalue weighted by atomic mass is 35.5. The van der Waals surface area contributed by atoms with Gasteiger partial charge in [0, 0.05) is 23.4 Å². The van der Waals surface area contributed by atoms with Crippen LogP contribution in [-0.4, -0.2) is 24.8 Å². The van der Waals surface area contributed by atoms with Gasteiger partial charge < -0.3 is 9.47 Å². The molecule has 0 spiro atoms. The van der Waals surface area contributed by atoms with Crippen LogP contribution in [0.1, 0.15) is 27.8 Å². The Morgan fingerprint density at radius 2 is 0.978 bits per heavy atom. The molecule has 0 amide bonds. The first-order chi connectivity index (χ1) is 22.2. The number of nitrogens with one attached hydrogen (secondary N) is 2. The minimum absolute atomic E-state index is 0.0700. The van der Waals surface area contributed by atoms with Crippen LogP contribution < -0.4 is 20.3 Å². The summed E-state index contributed by atoms with van der Waals surface area (Å²) in [7, 11) is 0. The number of nitrogens with zero attached hydrogens (tertiary/aromatic N) is 2. The molecule has 0 saturated carbocycles. The summed E-state index contributed by atoms with van der Waals surface area (Å²) in [6.07, 6.45) is 4.22. The predicted molar refractivity (Wildman–Crippen MR) is 182 cm³/mol. The fourth-order valence-electron chi connectivity index (χ4n) is 5.08. The van der Waals surface area contributed by atoms with Crippen LogP contribution in [-0.2, 0) is 19.6 Å². The monoisotopic (exact) mass is 614 g/mol. The molecule has 2 N–H and O–H groups in total. The molecular formula is C38H35ClN4O2. The molecule has 226 valence electrons. The van der Waals surface area contributed by atoms with Gasteiger partial charge in [-0.1, -0.05) is 84.4 Å². The van der Waals surface area contributed by atoms with Crippen molar-refractivity contribution >= 4 is 24.0 Å². The third kappa shape index (κ3) is 8.89. The molecule has 0 aromatic heterocycles. The van der Waals surface area contributed by atoms with Crippen molar-refractivity contribution in [3.63, 3.8) is 0 Å². The third-order valence-corrected chi connectivity index (χ3v) is 7.85. The predicted octanol–water partition coefficient (Wildman–Crippen LogP) is 7.65. The molecule has 7 heteroatoms. The lowest BCUT2D eigenvalue weighted by molar-refractivity contribution is 0.306. The highest BCUT2D eigenvalue weighted by molar-refractivity contribution is 6.30. The van der Waals surface area contributed by atoms with Crippen molar-refractivity contribution in [2.24, 2.45) is 15.9 Å². The lowest BCUT2D eigenvalue weighted by Gasteiger charge is -2.18. The van der Waals surface area contributed by atoms with Crippen LogP contribution >= 0.6 is 11.6 Å². The fraction of sp³-hybridized carbons (Fsp3) is 0.158. The van der Waals surface area contributed by atoms with Crippen molar-refractivity contribution in [1.29, 1.82) is 0 Å². The Bertz CT molecular complexity index is 1570. The van der Waals surface area contributed by atoms with Crippen LogP contribution in [0.4, 0.5) is 0 Å². The Hall–Kier alpha value is -4.75. The maximum absolute atomic E-state index is 6.16. The van der Waals surface area contributed by atoms with Gasteiger partial charge in [-0.2, -0.15) is 0 Å². The van der Waals surface area contributed by atoms with Crippen molar-refractivity contribution in [3.8, 4) is 11.5 Å². The van der Waals surface area contributed by atoms with Gasteiger partial charge in [-0.3, -0.25) is 9.98 Å². The number of ether oxygens (including phenoxy) is 2. The van der Waals surface area contributed by atoms with Gasteiger partial charge in [-0.15, -0.1) is 0 Å². The van der Waals surface area contributed by atoms with Gasteiger partial charge in [0.2, 0.25) is 0 Å². The van der Waals surface area contributed by atoms with Gasteiger partial charge in [-0.25, -0.2) is 10.9 Å². The molecule has 1 aliphatic heterocycles. The number of rotatable bonds is 12.